The van der Waals surface area contributed by atoms with E-state index in [1.54, 1.807) is 73.8 Å². The number of hydrogen-bond acceptors (Lipinski definition) is 6. The summed E-state index contributed by atoms with van der Waals surface area (Å²) in [5, 5.41) is 24.2. The van der Waals surface area contributed by atoms with Crippen LogP contribution in [-0.4, -0.2) is 35.8 Å². The van der Waals surface area contributed by atoms with Crippen molar-refractivity contribution in [3.63, 3.8) is 0 Å². The Hall–Kier alpha value is -5.64. The fourth-order valence-electron chi connectivity index (χ4n) is 3.89. The highest BCUT2D eigenvalue weighted by molar-refractivity contribution is 6.05. The second-order valence-corrected chi connectivity index (χ2v) is 9.06. The molecule has 1 atom stereocenters. The summed E-state index contributed by atoms with van der Waals surface area (Å²) in [6.45, 7) is 1.41. The number of ether oxygens (including phenoxy) is 1. The molecular formula is C32H33N5O5. The zero-order valence-electron chi connectivity index (χ0n) is 23.3. The van der Waals surface area contributed by atoms with Crippen LogP contribution in [0.3, 0.4) is 0 Å². The van der Waals surface area contributed by atoms with Crippen LogP contribution in [0.15, 0.2) is 103 Å². The van der Waals surface area contributed by atoms with Crippen LogP contribution in [0.1, 0.15) is 40.0 Å². The maximum Gasteiger partial charge on any atom is 0.300 e. The van der Waals surface area contributed by atoms with Gasteiger partial charge in [-0.3, -0.25) is 19.8 Å². The first-order valence-electron chi connectivity index (χ1n) is 12.9. The van der Waals surface area contributed by atoms with Gasteiger partial charge in [-0.05, 0) is 60.2 Å². The molecule has 0 fully saturated rings. The smallest absolute Gasteiger partial charge is 0.300 e. The lowest BCUT2D eigenvalue weighted by Crippen LogP contribution is -2.34. The van der Waals surface area contributed by atoms with Gasteiger partial charge in [-0.1, -0.05) is 48.5 Å². The van der Waals surface area contributed by atoms with Crippen LogP contribution >= 0.6 is 0 Å². The molecule has 10 nitrogen and oxygen atoms in total. The number of aliphatic carboxylic acids is 1. The Morgan fingerprint density at radius 3 is 2.05 bits per heavy atom. The van der Waals surface area contributed by atoms with Gasteiger partial charge in [-0.2, -0.15) is 0 Å². The number of carbonyl (C=O) groups excluding carboxylic acids is 2. The molecule has 42 heavy (non-hydrogen) atoms. The normalized spacial score (nSPS) is 10.7. The van der Waals surface area contributed by atoms with Crippen molar-refractivity contribution in [1.29, 1.82) is 5.41 Å². The number of methoxy groups -OCH3 is 1. The predicted octanol–water partition coefficient (Wildman–Crippen LogP) is 4.79. The first-order valence-corrected chi connectivity index (χ1v) is 12.9. The molecule has 4 rings (SSSR count). The SMILES string of the molecule is CC(=O)O.COc1ccc(NC(=O)c2ccccc2)c(C(Nc2ccc(C(=N)N)cc2)C(=O)NCc2ccccc2)c1. The molecule has 0 saturated heterocycles. The number of hydrogen-bond donors (Lipinski definition) is 6. The van der Waals surface area contributed by atoms with E-state index in [1.165, 1.54) is 0 Å². The van der Waals surface area contributed by atoms with Crippen LogP contribution in [0.2, 0.25) is 0 Å². The molecule has 10 heteroatoms. The van der Waals surface area contributed by atoms with Gasteiger partial charge >= 0.3 is 0 Å². The summed E-state index contributed by atoms with van der Waals surface area (Å²) in [5.41, 5.74) is 9.23. The van der Waals surface area contributed by atoms with Gasteiger partial charge in [0.1, 0.15) is 17.6 Å². The van der Waals surface area contributed by atoms with Gasteiger partial charge in [-0.25, -0.2) is 0 Å². The van der Waals surface area contributed by atoms with Crippen molar-refractivity contribution >= 4 is 35.0 Å². The van der Waals surface area contributed by atoms with Crippen molar-refractivity contribution in [3.05, 3.63) is 125 Å². The number of nitrogen functional groups attached to an aromatic ring is 1. The lowest BCUT2D eigenvalue weighted by Gasteiger charge is -2.23. The average Bonchev–Trinajstić information content (AvgIpc) is 3.00. The van der Waals surface area contributed by atoms with Crippen molar-refractivity contribution in [2.24, 2.45) is 5.73 Å². The number of carboxylic acids is 1. The van der Waals surface area contributed by atoms with Crippen molar-refractivity contribution in [2.75, 3.05) is 17.7 Å². The van der Waals surface area contributed by atoms with Crippen LogP contribution in [0.25, 0.3) is 0 Å². The van der Waals surface area contributed by atoms with Crippen molar-refractivity contribution in [3.8, 4) is 5.75 Å². The van der Waals surface area contributed by atoms with E-state index in [2.05, 4.69) is 16.0 Å². The van der Waals surface area contributed by atoms with Gasteiger partial charge in [0.25, 0.3) is 11.9 Å². The molecule has 216 valence electrons. The Morgan fingerprint density at radius 1 is 0.881 bits per heavy atom. The van der Waals surface area contributed by atoms with Gasteiger partial charge in [0.05, 0.1) is 7.11 Å². The van der Waals surface area contributed by atoms with Gasteiger partial charge in [-0.15, -0.1) is 0 Å². The van der Waals surface area contributed by atoms with E-state index in [9.17, 15) is 9.59 Å². The van der Waals surface area contributed by atoms with Gasteiger partial charge in [0.2, 0.25) is 5.91 Å². The molecular weight excluding hydrogens is 534 g/mol. The van der Waals surface area contributed by atoms with Crippen LogP contribution in [-0.2, 0) is 16.1 Å². The Kier molecular flexibility index (Phi) is 11.2. The quantitative estimate of drug-likeness (QED) is 0.118. The molecule has 0 heterocycles. The highest BCUT2D eigenvalue weighted by atomic mass is 16.5. The number of nitrogens with one attached hydrogen (secondary N) is 4. The third-order valence-corrected chi connectivity index (χ3v) is 5.93. The largest absolute Gasteiger partial charge is 0.497 e. The van der Waals surface area contributed by atoms with E-state index in [-0.39, 0.29) is 17.6 Å². The zero-order chi connectivity index (χ0) is 30.5. The zero-order valence-corrected chi connectivity index (χ0v) is 23.3. The summed E-state index contributed by atoms with van der Waals surface area (Å²) in [5.74, 6) is -0.945. The summed E-state index contributed by atoms with van der Waals surface area (Å²) < 4.78 is 5.44. The minimum atomic E-state index is -0.886. The fourth-order valence-corrected chi connectivity index (χ4v) is 3.89. The van der Waals surface area contributed by atoms with Crippen LogP contribution in [0.5, 0.6) is 5.75 Å². The lowest BCUT2D eigenvalue weighted by atomic mass is 10.0. The van der Waals surface area contributed by atoms with E-state index in [0.717, 1.165) is 12.5 Å². The van der Waals surface area contributed by atoms with Gasteiger partial charge in [0.15, 0.2) is 0 Å². The Labute approximate surface area is 244 Å². The summed E-state index contributed by atoms with van der Waals surface area (Å²) in [6, 6.07) is 29.6. The molecule has 0 spiro atoms. The second kappa shape index (κ2) is 15.2. The predicted molar refractivity (Wildman–Crippen MR) is 163 cm³/mol. The van der Waals surface area contributed by atoms with E-state index in [4.69, 9.17) is 25.8 Å². The Bertz CT molecular complexity index is 1510. The molecule has 0 aliphatic heterocycles. The first-order chi connectivity index (χ1) is 20.2. The van der Waals surface area contributed by atoms with Crippen LogP contribution in [0, 0.1) is 5.41 Å². The number of amides is 2. The molecule has 0 radical (unpaired) electrons. The molecule has 4 aromatic carbocycles. The molecule has 0 aliphatic rings. The molecule has 1 unspecified atom stereocenters. The van der Waals surface area contributed by atoms with E-state index >= 15 is 0 Å². The number of rotatable bonds is 10. The first kappa shape index (κ1) is 30.9. The number of anilines is 2. The summed E-state index contributed by atoms with van der Waals surface area (Å²) >= 11 is 0. The molecule has 0 aromatic heterocycles. The Balaban J connectivity index is 0.00000114. The maximum absolute atomic E-state index is 13.6. The van der Waals surface area contributed by atoms with E-state index in [0.29, 0.717) is 40.4 Å². The topological polar surface area (TPSA) is 167 Å². The maximum atomic E-state index is 13.6. The second-order valence-electron chi connectivity index (χ2n) is 9.06. The molecule has 0 aliphatic carbocycles. The summed E-state index contributed by atoms with van der Waals surface area (Å²) in [4.78, 5) is 35.6. The number of benzene rings is 4. The molecule has 0 saturated carbocycles. The van der Waals surface area contributed by atoms with Gasteiger partial charge in [0, 0.05) is 41.5 Å². The summed E-state index contributed by atoms with van der Waals surface area (Å²) in [7, 11) is 1.54. The lowest BCUT2D eigenvalue weighted by molar-refractivity contribution is -0.134. The molecule has 2 amide bonds. The Morgan fingerprint density at radius 2 is 1.48 bits per heavy atom. The highest BCUT2D eigenvalue weighted by Crippen LogP contribution is 2.31. The van der Waals surface area contributed by atoms with E-state index in [1.807, 2.05) is 36.4 Å². The molecule has 7 N–H and O–H groups in total. The minimum absolute atomic E-state index is 0.0487. The average molecular weight is 568 g/mol. The number of carboxylic acid groups (broad SMARTS) is 1. The number of amidine groups is 1. The van der Waals surface area contributed by atoms with Crippen molar-refractivity contribution < 1.29 is 24.2 Å². The standard InChI is InChI=1S/C30H29N5O3.C2H4O2/c1-38-24-16-17-26(35-29(36)22-10-6-3-7-11-22)25(18-24)27(30(37)33-19-20-8-4-2-5-9-20)34-23-14-12-21(13-15-23)28(31)32;1-2(3)4/h2-18,27,34H,19H2,1H3,(H3,31,32)(H,33,37)(H,35,36);1H3,(H,3,4). The molecule has 0 bridgehead atoms. The molecule has 4 aromatic rings. The fraction of sp³-hybridized carbons (Fsp3) is 0.125. The minimum Gasteiger partial charge on any atom is -0.497 e. The number of carbonyl (C=O) groups is 3. The number of nitrogens with two attached hydrogens (primary N) is 1. The van der Waals surface area contributed by atoms with Crippen LogP contribution in [0.4, 0.5) is 11.4 Å². The van der Waals surface area contributed by atoms with Gasteiger partial charge < -0.3 is 31.5 Å². The highest BCUT2D eigenvalue weighted by Gasteiger charge is 2.25. The van der Waals surface area contributed by atoms with Crippen molar-refractivity contribution in [2.45, 2.75) is 19.5 Å². The van der Waals surface area contributed by atoms with Crippen molar-refractivity contribution in [1.82, 2.24) is 5.32 Å². The third kappa shape index (κ3) is 9.23. The van der Waals surface area contributed by atoms with Crippen LogP contribution < -0.4 is 26.4 Å². The third-order valence-electron chi connectivity index (χ3n) is 5.93. The monoisotopic (exact) mass is 567 g/mol. The summed E-state index contributed by atoms with van der Waals surface area (Å²) in [6.07, 6.45) is 0. The van der Waals surface area contributed by atoms with E-state index < -0.39 is 12.0 Å².